The van der Waals surface area contributed by atoms with E-state index in [9.17, 15) is 9.18 Å². The molecule has 0 aromatic heterocycles. The summed E-state index contributed by atoms with van der Waals surface area (Å²) in [6.07, 6.45) is 3.11. The third-order valence-electron chi connectivity index (χ3n) is 5.04. The first kappa shape index (κ1) is 13.6. The van der Waals surface area contributed by atoms with Gasteiger partial charge in [-0.3, -0.25) is 9.69 Å². The number of methoxy groups -OCH3 is 1. The molecule has 4 heteroatoms. The normalized spacial score (nSPS) is 33.1. The van der Waals surface area contributed by atoms with Crippen LogP contribution in [0.25, 0.3) is 0 Å². The molecule has 0 unspecified atom stereocenters. The molecule has 0 radical (unpaired) electrons. The average molecular weight is 277 g/mol. The summed E-state index contributed by atoms with van der Waals surface area (Å²) in [4.78, 5) is 14.5. The van der Waals surface area contributed by atoms with Gasteiger partial charge in [0.15, 0.2) is 0 Å². The molecule has 2 bridgehead atoms. The third kappa shape index (κ3) is 2.12. The number of fused-ring (bicyclic) bond motifs is 2. The molecule has 2 heterocycles. The predicted octanol–water partition coefficient (Wildman–Crippen LogP) is 2.57. The van der Waals surface area contributed by atoms with E-state index in [1.807, 2.05) is 0 Å². The standard InChI is InChI=1S/C16H20FNO2/c1-18-12-7-8-14(18)15(16(19)20-2)13(9-12)10-3-5-11(17)6-4-10/h3-6,12-15H,7-9H2,1-2H3/t12-,13-,14+,15+/m1/s1. The van der Waals surface area contributed by atoms with Crippen molar-refractivity contribution in [3.05, 3.63) is 35.6 Å². The number of hydrogen-bond acceptors (Lipinski definition) is 3. The Morgan fingerprint density at radius 1 is 1.30 bits per heavy atom. The van der Waals surface area contributed by atoms with Crippen molar-refractivity contribution in [1.29, 1.82) is 0 Å². The number of piperidine rings is 1. The molecule has 0 aliphatic carbocycles. The van der Waals surface area contributed by atoms with Gasteiger partial charge in [0.25, 0.3) is 0 Å². The smallest absolute Gasteiger partial charge is 0.310 e. The zero-order valence-electron chi connectivity index (χ0n) is 11.9. The molecule has 0 saturated carbocycles. The number of carbonyl (C=O) groups is 1. The number of carbonyl (C=O) groups excluding carboxylic acids is 1. The lowest BCUT2D eigenvalue weighted by Gasteiger charge is -2.41. The van der Waals surface area contributed by atoms with Crippen molar-refractivity contribution in [2.24, 2.45) is 5.92 Å². The van der Waals surface area contributed by atoms with E-state index in [1.165, 1.54) is 19.2 Å². The van der Waals surface area contributed by atoms with Crippen molar-refractivity contribution >= 4 is 5.97 Å². The minimum absolute atomic E-state index is 0.136. The highest BCUT2D eigenvalue weighted by molar-refractivity contribution is 5.75. The molecule has 20 heavy (non-hydrogen) atoms. The number of halogens is 1. The molecule has 0 amide bonds. The summed E-state index contributed by atoms with van der Waals surface area (Å²) in [5.41, 5.74) is 1.05. The second-order valence-corrected chi connectivity index (χ2v) is 5.91. The second-order valence-electron chi connectivity index (χ2n) is 5.91. The van der Waals surface area contributed by atoms with E-state index in [4.69, 9.17) is 4.74 Å². The summed E-state index contributed by atoms with van der Waals surface area (Å²) < 4.78 is 18.1. The van der Waals surface area contributed by atoms with E-state index in [1.54, 1.807) is 12.1 Å². The quantitative estimate of drug-likeness (QED) is 0.778. The van der Waals surface area contributed by atoms with Gasteiger partial charge in [-0.15, -0.1) is 0 Å². The maximum atomic E-state index is 13.1. The van der Waals surface area contributed by atoms with Crippen molar-refractivity contribution in [1.82, 2.24) is 4.90 Å². The fraction of sp³-hybridized carbons (Fsp3) is 0.562. The Bertz CT molecular complexity index is 502. The van der Waals surface area contributed by atoms with Crippen molar-refractivity contribution in [2.45, 2.75) is 37.3 Å². The van der Waals surface area contributed by atoms with Gasteiger partial charge in [-0.25, -0.2) is 4.39 Å². The van der Waals surface area contributed by atoms with Crippen LogP contribution in [0.5, 0.6) is 0 Å². The topological polar surface area (TPSA) is 29.5 Å². The summed E-state index contributed by atoms with van der Waals surface area (Å²) in [7, 11) is 3.55. The van der Waals surface area contributed by atoms with Crippen LogP contribution >= 0.6 is 0 Å². The summed E-state index contributed by atoms with van der Waals surface area (Å²) >= 11 is 0. The van der Waals surface area contributed by atoms with Crippen molar-refractivity contribution in [3.63, 3.8) is 0 Å². The summed E-state index contributed by atoms with van der Waals surface area (Å²) in [5, 5.41) is 0. The first-order valence-corrected chi connectivity index (χ1v) is 7.17. The van der Waals surface area contributed by atoms with Gasteiger partial charge in [-0.2, -0.15) is 0 Å². The van der Waals surface area contributed by atoms with Crippen LogP contribution < -0.4 is 0 Å². The molecule has 3 rings (SSSR count). The van der Waals surface area contributed by atoms with Crippen molar-refractivity contribution < 1.29 is 13.9 Å². The minimum Gasteiger partial charge on any atom is -0.469 e. The molecule has 0 spiro atoms. The Hall–Kier alpha value is -1.42. The van der Waals surface area contributed by atoms with Gasteiger partial charge in [-0.05, 0) is 44.0 Å². The average Bonchev–Trinajstić information content (AvgIpc) is 2.70. The fourth-order valence-electron chi connectivity index (χ4n) is 3.98. The molecule has 0 N–H and O–H groups in total. The largest absolute Gasteiger partial charge is 0.469 e. The lowest BCUT2D eigenvalue weighted by molar-refractivity contribution is -0.150. The Balaban J connectivity index is 1.95. The Labute approximate surface area is 118 Å². The molecule has 1 aromatic rings. The van der Waals surface area contributed by atoms with E-state index < -0.39 is 0 Å². The highest BCUT2D eigenvalue weighted by Gasteiger charge is 2.49. The maximum absolute atomic E-state index is 13.1. The molecule has 1 aromatic carbocycles. The molecule has 2 fully saturated rings. The lowest BCUT2D eigenvalue weighted by Crippen LogP contribution is -2.49. The molecular weight excluding hydrogens is 257 g/mol. The van der Waals surface area contributed by atoms with Crippen molar-refractivity contribution in [2.75, 3.05) is 14.2 Å². The molecule has 2 aliphatic heterocycles. The molecular formula is C16H20FNO2. The first-order valence-electron chi connectivity index (χ1n) is 7.17. The van der Waals surface area contributed by atoms with E-state index in [0.717, 1.165) is 24.8 Å². The monoisotopic (exact) mass is 277 g/mol. The predicted molar refractivity (Wildman–Crippen MR) is 73.8 cm³/mol. The van der Waals surface area contributed by atoms with E-state index in [-0.39, 0.29) is 29.7 Å². The molecule has 3 nitrogen and oxygen atoms in total. The molecule has 2 aliphatic rings. The van der Waals surface area contributed by atoms with Gasteiger partial charge >= 0.3 is 5.97 Å². The fourth-order valence-corrected chi connectivity index (χ4v) is 3.98. The van der Waals surface area contributed by atoms with Crippen LogP contribution in [-0.4, -0.2) is 37.1 Å². The van der Waals surface area contributed by atoms with E-state index in [0.29, 0.717) is 6.04 Å². The Morgan fingerprint density at radius 2 is 2.00 bits per heavy atom. The second kappa shape index (κ2) is 5.17. The van der Waals surface area contributed by atoms with Crippen LogP contribution in [0, 0.1) is 11.7 Å². The molecule has 4 atom stereocenters. The van der Waals surface area contributed by atoms with Crippen LogP contribution in [0.1, 0.15) is 30.7 Å². The zero-order valence-corrected chi connectivity index (χ0v) is 11.9. The lowest BCUT2D eigenvalue weighted by atomic mass is 9.76. The number of nitrogens with zero attached hydrogens (tertiary/aromatic N) is 1. The SMILES string of the molecule is COC(=O)[C@H]1[C@@H](c2ccc(F)cc2)C[C@H]2CC[C@@H]1N2C. The number of rotatable bonds is 2. The Kier molecular flexibility index (Phi) is 3.50. The number of hydrogen-bond donors (Lipinski definition) is 0. The van der Waals surface area contributed by atoms with Crippen LogP contribution in [-0.2, 0) is 9.53 Å². The van der Waals surface area contributed by atoms with Crippen LogP contribution in [0.15, 0.2) is 24.3 Å². The number of benzene rings is 1. The van der Waals surface area contributed by atoms with Gasteiger partial charge in [0.05, 0.1) is 13.0 Å². The van der Waals surface area contributed by atoms with Gasteiger partial charge < -0.3 is 4.74 Å². The molecule has 108 valence electrons. The summed E-state index contributed by atoms with van der Waals surface area (Å²) in [6, 6.07) is 7.34. The van der Waals surface area contributed by atoms with Crippen LogP contribution in [0.4, 0.5) is 4.39 Å². The Morgan fingerprint density at radius 3 is 2.65 bits per heavy atom. The highest BCUT2D eigenvalue weighted by Crippen LogP contribution is 2.46. The van der Waals surface area contributed by atoms with Gasteiger partial charge in [0, 0.05) is 18.0 Å². The highest BCUT2D eigenvalue weighted by atomic mass is 19.1. The summed E-state index contributed by atoms with van der Waals surface area (Å²) in [6.45, 7) is 0. The summed E-state index contributed by atoms with van der Waals surface area (Å²) in [5.74, 6) is -0.387. The van der Waals surface area contributed by atoms with Crippen molar-refractivity contribution in [3.8, 4) is 0 Å². The first-order chi connectivity index (χ1) is 9.61. The van der Waals surface area contributed by atoms with Gasteiger partial charge in [0.2, 0.25) is 0 Å². The minimum atomic E-state index is -0.237. The van der Waals surface area contributed by atoms with Gasteiger partial charge in [-0.1, -0.05) is 12.1 Å². The zero-order chi connectivity index (χ0) is 14.3. The van der Waals surface area contributed by atoms with Crippen LogP contribution in [0.3, 0.4) is 0 Å². The maximum Gasteiger partial charge on any atom is 0.310 e. The van der Waals surface area contributed by atoms with E-state index in [2.05, 4.69) is 11.9 Å². The third-order valence-corrected chi connectivity index (χ3v) is 5.04. The van der Waals surface area contributed by atoms with Gasteiger partial charge in [0.1, 0.15) is 5.82 Å². The van der Waals surface area contributed by atoms with E-state index >= 15 is 0 Å². The molecule has 2 saturated heterocycles. The number of esters is 1. The number of ether oxygens (including phenoxy) is 1. The van der Waals surface area contributed by atoms with Crippen LogP contribution in [0.2, 0.25) is 0 Å².